The number of urea groups is 1. The second kappa shape index (κ2) is 6.47. The Morgan fingerprint density at radius 1 is 1.38 bits per heavy atom. The van der Waals surface area contributed by atoms with Gasteiger partial charge >= 0.3 is 12.2 Å². The maximum atomic E-state index is 12.6. The van der Waals surface area contributed by atoms with Crippen molar-refractivity contribution < 1.29 is 22.8 Å². The van der Waals surface area contributed by atoms with E-state index in [0.29, 0.717) is 5.56 Å². The lowest BCUT2D eigenvalue weighted by Crippen LogP contribution is -2.47. The van der Waals surface area contributed by atoms with Crippen molar-refractivity contribution in [1.29, 1.82) is 0 Å². The number of nitrogens with two attached hydrogens (primary N) is 1. The van der Waals surface area contributed by atoms with Crippen LogP contribution in [0.4, 0.5) is 18.0 Å². The highest BCUT2D eigenvalue weighted by Gasteiger charge is 2.30. The molecule has 0 aliphatic rings. The molecule has 0 heterocycles. The third-order valence-electron chi connectivity index (χ3n) is 2.78. The molecule has 0 aliphatic carbocycles. The largest absolute Gasteiger partial charge is 0.416 e. The molecular formula is C13H16F3N3O2. The van der Waals surface area contributed by atoms with Crippen LogP contribution in [0.2, 0.25) is 0 Å². The van der Waals surface area contributed by atoms with Crippen molar-refractivity contribution >= 4 is 11.9 Å². The minimum atomic E-state index is -4.43. The Hall–Kier alpha value is -2.25. The molecule has 0 fully saturated rings. The summed E-state index contributed by atoms with van der Waals surface area (Å²) in [7, 11) is 1.43. The number of alkyl halides is 3. The first-order chi connectivity index (χ1) is 9.61. The molecule has 8 heteroatoms. The summed E-state index contributed by atoms with van der Waals surface area (Å²) in [6, 6.07) is 3.02. The van der Waals surface area contributed by atoms with Gasteiger partial charge in [-0.05, 0) is 24.6 Å². The number of carbonyl (C=O) groups excluding carboxylic acids is 2. The van der Waals surface area contributed by atoms with E-state index < -0.39 is 29.7 Å². The lowest BCUT2D eigenvalue weighted by atomic mass is 10.1. The van der Waals surface area contributed by atoms with Gasteiger partial charge in [0.15, 0.2) is 0 Å². The highest BCUT2D eigenvalue weighted by Crippen LogP contribution is 2.29. The van der Waals surface area contributed by atoms with Crippen LogP contribution >= 0.6 is 0 Å². The van der Waals surface area contributed by atoms with Crippen molar-refractivity contribution in [2.24, 2.45) is 5.73 Å². The van der Waals surface area contributed by atoms with E-state index in [2.05, 4.69) is 5.32 Å². The van der Waals surface area contributed by atoms with E-state index in [9.17, 15) is 22.8 Å². The second-order valence-electron chi connectivity index (χ2n) is 4.62. The number of amides is 3. The summed E-state index contributed by atoms with van der Waals surface area (Å²) < 4.78 is 37.8. The van der Waals surface area contributed by atoms with Crippen LogP contribution in [0.5, 0.6) is 0 Å². The fourth-order valence-corrected chi connectivity index (χ4v) is 1.80. The van der Waals surface area contributed by atoms with E-state index in [1.54, 1.807) is 0 Å². The fourth-order valence-electron chi connectivity index (χ4n) is 1.80. The van der Waals surface area contributed by atoms with E-state index in [4.69, 9.17) is 5.73 Å². The molecule has 0 saturated carbocycles. The van der Waals surface area contributed by atoms with Gasteiger partial charge in [-0.3, -0.25) is 4.79 Å². The van der Waals surface area contributed by atoms with E-state index in [1.165, 1.54) is 31.0 Å². The van der Waals surface area contributed by atoms with Crippen LogP contribution < -0.4 is 11.1 Å². The molecule has 0 saturated heterocycles. The summed E-state index contributed by atoms with van der Waals surface area (Å²) >= 11 is 0. The number of carbonyl (C=O) groups is 2. The average Bonchev–Trinajstić information content (AvgIpc) is 2.36. The Morgan fingerprint density at radius 3 is 2.52 bits per heavy atom. The van der Waals surface area contributed by atoms with Crippen LogP contribution in [-0.2, 0) is 17.5 Å². The van der Waals surface area contributed by atoms with Crippen molar-refractivity contribution in [2.45, 2.75) is 25.7 Å². The molecule has 21 heavy (non-hydrogen) atoms. The van der Waals surface area contributed by atoms with Gasteiger partial charge in [-0.2, -0.15) is 13.2 Å². The van der Waals surface area contributed by atoms with Crippen LogP contribution in [0.25, 0.3) is 0 Å². The number of nitrogens with zero attached hydrogens (tertiary/aromatic N) is 1. The monoisotopic (exact) mass is 303 g/mol. The van der Waals surface area contributed by atoms with Gasteiger partial charge in [0.1, 0.15) is 6.04 Å². The van der Waals surface area contributed by atoms with Crippen LogP contribution in [0.3, 0.4) is 0 Å². The predicted octanol–water partition coefficient (Wildman–Crippen LogP) is 1.72. The van der Waals surface area contributed by atoms with Gasteiger partial charge in [-0.15, -0.1) is 0 Å². The molecule has 1 atom stereocenters. The Balaban J connectivity index is 2.77. The molecule has 0 radical (unpaired) electrons. The van der Waals surface area contributed by atoms with Crippen LogP contribution in [-0.4, -0.2) is 29.9 Å². The van der Waals surface area contributed by atoms with Crippen LogP contribution in [0.1, 0.15) is 18.1 Å². The normalized spacial score (nSPS) is 12.6. The molecule has 1 aromatic carbocycles. The first kappa shape index (κ1) is 16.8. The maximum Gasteiger partial charge on any atom is 0.416 e. The molecule has 1 aromatic rings. The summed E-state index contributed by atoms with van der Waals surface area (Å²) in [6.45, 7) is 1.43. The molecule has 116 valence electrons. The van der Waals surface area contributed by atoms with Gasteiger partial charge in [-0.1, -0.05) is 12.1 Å². The lowest BCUT2D eigenvalue weighted by Gasteiger charge is -2.22. The van der Waals surface area contributed by atoms with Gasteiger partial charge in [0.2, 0.25) is 5.91 Å². The first-order valence-electron chi connectivity index (χ1n) is 6.08. The number of hydrogen-bond donors (Lipinski definition) is 2. The highest BCUT2D eigenvalue weighted by molar-refractivity contribution is 5.86. The van der Waals surface area contributed by atoms with Crippen molar-refractivity contribution in [3.63, 3.8) is 0 Å². The van der Waals surface area contributed by atoms with Gasteiger partial charge in [0.25, 0.3) is 0 Å². The Labute approximate surface area is 119 Å². The zero-order valence-electron chi connectivity index (χ0n) is 11.6. The number of benzene rings is 1. The number of hydrogen-bond acceptors (Lipinski definition) is 2. The standard InChI is InChI=1S/C13H16F3N3O2/c1-8(18-12(17)21)11(20)19(2)7-9-4-3-5-10(6-9)13(14,15)16/h3-6,8H,7H2,1-2H3,(H3,17,18,21)/t8-/m1/s1. The predicted molar refractivity (Wildman–Crippen MR) is 70.1 cm³/mol. The minimum absolute atomic E-state index is 0.00641. The molecule has 5 nitrogen and oxygen atoms in total. The van der Waals surface area contributed by atoms with E-state index >= 15 is 0 Å². The van der Waals surface area contributed by atoms with Crippen molar-refractivity contribution in [2.75, 3.05) is 7.05 Å². The fraction of sp³-hybridized carbons (Fsp3) is 0.385. The number of rotatable bonds is 4. The maximum absolute atomic E-state index is 12.6. The van der Waals surface area contributed by atoms with Crippen LogP contribution in [0, 0.1) is 0 Å². The molecule has 3 N–H and O–H groups in total. The third-order valence-corrected chi connectivity index (χ3v) is 2.78. The van der Waals surface area contributed by atoms with Crippen molar-refractivity contribution in [3.8, 4) is 0 Å². The topological polar surface area (TPSA) is 75.4 Å². The quantitative estimate of drug-likeness (QED) is 0.888. The van der Waals surface area contributed by atoms with Gasteiger partial charge < -0.3 is 16.0 Å². The molecular weight excluding hydrogens is 287 g/mol. The number of halogens is 3. The van der Waals surface area contributed by atoms with E-state index in [1.807, 2.05) is 0 Å². The number of nitrogens with one attached hydrogen (secondary N) is 1. The molecule has 0 bridgehead atoms. The molecule has 0 aromatic heterocycles. The summed E-state index contributed by atoms with van der Waals surface area (Å²) in [5, 5.41) is 2.21. The number of primary amides is 1. The second-order valence-corrected chi connectivity index (χ2v) is 4.62. The van der Waals surface area contributed by atoms with Crippen molar-refractivity contribution in [1.82, 2.24) is 10.2 Å². The Bertz CT molecular complexity index is 532. The molecule has 0 spiro atoms. The molecule has 1 rings (SSSR count). The van der Waals surface area contributed by atoms with E-state index in [0.717, 1.165) is 12.1 Å². The molecule has 0 unspecified atom stereocenters. The van der Waals surface area contributed by atoms with Gasteiger partial charge in [0.05, 0.1) is 5.56 Å². The van der Waals surface area contributed by atoms with E-state index in [-0.39, 0.29) is 6.54 Å². The summed E-state index contributed by atoms with van der Waals surface area (Å²) in [5.41, 5.74) is 4.47. The number of likely N-dealkylation sites (N-methyl/N-ethyl adjacent to an activating group) is 1. The Kier molecular flexibility index (Phi) is 5.17. The lowest BCUT2D eigenvalue weighted by molar-refractivity contribution is -0.137. The van der Waals surface area contributed by atoms with Gasteiger partial charge in [0, 0.05) is 13.6 Å². The zero-order valence-corrected chi connectivity index (χ0v) is 11.6. The summed E-state index contributed by atoms with van der Waals surface area (Å²) in [5.74, 6) is -0.453. The van der Waals surface area contributed by atoms with Crippen LogP contribution in [0.15, 0.2) is 24.3 Å². The first-order valence-corrected chi connectivity index (χ1v) is 6.08. The van der Waals surface area contributed by atoms with Crippen molar-refractivity contribution in [3.05, 3.63) is 35.4 Å². The SMILES string of the molecule is C[C@@H](NC(N)=O)C(=O)N(C)Cc1cccc(C(F)(F)F)c1. The highest BCUT2D eigenvalue weighted by atomic mass is 19.4. The molecule has 3 amide bonds. The zero-order chi connectivity index (χ0) is 16.2. The summed E-state index contributed by atoms with van der Waals surface area (Å²) in [6.07, 6.45) is -4.43. The van der Waals surface area contributed by atoms with Gasteiger partial charge in [-0.25, -0.2) is 4.79 Å². The Morgan fingerprint density at radius 2 is 2.00 bits per heavy atom. The average molecular weight is 303 g/mol. The summed E-state index contributed by atoms with van der Waals surface area (Å²) in [4.78, 5) is 23.8. The minimum Gasteiger partial charge on any atom is -0.352 e. The third kappa shape index (κ3) is 4.97. The smallest absolute Gasteiger partial charge is 0.352 e. The molecule has 0 aliphatic heterocycles.